The Kier molecular flexibility index (Phi) is 14.6. The first kappa shape index (κ1) is 26.9. The van der Waals surface area contributed by atoms with Gasteiger partial charge in [-0.3, -0.25) is 34.0 Å². The predicted molar refractivity (Wildman–Crippen MR) is 103 cm³/mol. The summed E-state index contributed by atoms with van der Waals surface area (Å²) in [6.45, 7) is 2.87. The highest BCUT2D eigenvalue weighted by atomic mass is 16.4. The van der Waals surface area contributed by atoms with Crippen LogP contribution in [0.1, 0.15) is 0 Å². The summed E-state index contributed by atoms with van der Waals surface area (Å²) >= 11 is 0. The van der Waals surface area contributed by atoms with Gasteiger partial charge in [-0.1, -0.05) is 0 Å². The fourth-order valence-corrected chi connectivity index (χ4v) is 2.91. The number of rotatable bonds is 8. The molecule has 0 bridgehead atoms. The molecule has 1 aliphatic rings. The number of hydrogen-bond acceptors (Lipinski definition) is 9. The molecule has 12 nitrogen and oxygen atoms in total. The minimum absolute atomic E-state index is 0.166. The molecule has 0 radical (unpaired) electrons. The highest BCUT2D eigenvalue weighted by molar-refractivity contribution is 5.69. The van der Waals surface area contributed by atoms with E-state index in [2.05, 4.69) is 0 Å². The Morgan fingerprint density at radius 3 is 1.07 bits per heavy atom. The van der Waals surface area contributed by atoms with Gasteiger partial charge in [0.15, 0.2) is 0 Å². The molecular weight excluding hydrogens is 388 g/mol. The van der Waals surface area contributed by atoms with Crippen molar-refractivity contribution >= 4 is 24.2 Å². The van der Waals surface area contributed by atoms with Crippen molar-refractivity contribution in [3.05, 3.63) is 0 Å². The third kappa shape index (κ3) is 13.7. The monoisotopic (exact) mass is 420 g/mol. The van der Waals surface area contributed by atoms with Gasteiger partial charge in [-0.2, -0.15) is 0 Å². The van der Waals surface area contributed by atoms with Crippen LogP contribution >= 0.6 is 0 Å². The molecule has 0 aromatic rings. The summed E-state index contributed by atoms with van der Waals surface area (Å²) in [5.41, 5.74) is 0. The molecule has 0 unspecified atom stereocenters. The fraction of sp³-hybridized carbons (Fsp3) is 0.765. The van der Waals surface area contributed by atoms with Crippen LogP contribution in [0.5, 0.6) is 0 Å². The molecule has 1 heterocycles. The van der Waals surface area contributed by atoms with E-state index in [-0.39, 0.29) is 26.2 Å². The van der Waals surface area contributed by atoms with Gasteiger partial charge in [0, 0.05) is 59.5 Å². The Balaban J connectivity index is 0.00000379. The van der Waals surface area contributed by atoms with Crippen LogP contribution in [-0.4, -0.2) is 150 Å². The van der Waals surface area contributed by atoms with Crippen molar-refractivity contribution in [2.75, 3.05) is 85.6 Å². The van der Waals surface area contributed by atoms with Crippen molar-refractivity contribution in [3.8, 4) is 0 Å². The first-order chi connectivity index (χ1) is 13.8. The molecule has 4 N–H and O–H groups in total. The molecule has 29 heavy (non-hydrogen) atoms. The van der Waals surface area contributed by atoms with Crippen LogP contribution in [0.4, 0.5) is 0 Å². The number of carbonyl (C=O) groups excluding carboxylic acids is 1. The van der Waals surface area contributed by atoms with E-state index in [0.717, 1.165) is 13.4 Å². The first-order valence-corrected chi connectivity index (χ1v) is 9.23. The number of carboxylic acids is 3. The Morgan fingerprint density at radius 1 is 0.621 bits per heavy atom. The molecule has 0 aliphatic carbocycles. The molecule has 0 amide bonds. The van der Waals surface area contributed by atoms with Crippen LogP contribution in [-0.2, 0) is 19.2 Å². The van der Waals surface area contributed by atoms with Gasteiger partial charge < -0.3 is 25.2 Å². The Morgan fingerprint density at radius 2 is 0.862 bits per heavy atom. The molecule has 1 rings (SSSR count). The van der Waals surface area contributed by atoms with Crippen LogP contribution in [0.15, 0.2) is 0 Å². The number of carbonyl (C=O) groups is 4. The predicted octanol–water partition coefficient (Wildman–Crippen LogP) is -2.73. The van der Waals surface area contributed by atoms with Gasteiger partial charge in [0.05, 0.1) is 26.2 Å². The lowest BCUT2D eigenvalue weighted by molar-refractivity contribution is -0.140. The first-order valence-electron chi connectivity index (χ1n) is 9.23. The standard InChI is InChI=1S/C16H28N4O7.CH4O/c21-10-9-17-1-3-18(11-14(22)23)5-7-20(13-16(26)27)8-6-19(4-2-17)12-15(24)25;1-2/h10H,1-9,11-13H2,(H,22,23)(H,24,25)(H,26,27);2H,1H3. The second-order valence-electron chi connectivity index (χ2n) is 6.48. The Bertz CT molecular complexity index is 488. The lowest BCUT2D eigenvalue weighted by Gasteiger charge is -2.32. The third-order valence-corrected chi connectivity index (χ3v) is 4.34. The molecule has 168 valence electrons. The summed E-state index contributed by atoms with van der Waals surface area (Å²) < 4.78 is 0. The van der Waals surface area contributed by atoms with Crippen molar-refractivity contribution in [1.29, 1.82) is 0 Å². The van der Waals surface area contributed by atoms with Gasteiger partial charge >= 0.3 is 17.9 Å². The zero-order valence-electron chi connectivity index (χ0n) is 16.8. The zero-order valence-corrected chi connectivity index (χ0v) is 16.8. The minimum Gasteiger partial charge on any atom is -0.480 e. The molecule has 0 atom stereocenters. The van der Waals surface area contributed by atoms with Gasteiger partial charge in [0.2, 0.25) is 0 Å². The molecule has 1 fully saturated rings. The number of hydrogen-bond donors (Lipinski definition) is 4. The SMILES string of the molecule is CO.O=CCN1CCN(CC(=O)O)CCN(CC(=O)O)CCN(CC(=O)O)CC1. The Hall–Kier alpha value is -2.12. The molecule has 0 aromatic heterocycles. The number of aliphatic hydroxyl groups excluding tert-OH is 1. The third-order valence-electron chi connectivity index (χ3n) is 4.34. The lowest BCUT2D eigenvalue weighted by atomic mass is 10.3. The summed E-state index contributed by atoms with van der Waals surface area (Å²) in [5, 5.41) is 34.2. The van der Waals surface area contributed by atoms with Crippen LogP contribution in [0.25, 0.3) is 0 Å². The van der Waals surface area contributed by atoms with E-state index in [1.807, 2.05) is 4.90 Å². The minimum atomic E-state index is -0.992. The normalized spacial score (nSPS) is 18.6. The van der Waals surface area contributed by atoms with E-state index in [0.29, 0.717) is 52.4 Å². The highest BCUT2D eigenvalue weighted by Crippen LogP contribution is 2.01. The van der Waals surface area contributed by atoms with E-state index in [4.69, 9.17) is 20.4 Å². The average molecular weight is 420 g/mol. The van der Waals surface area contributed by atoms with Crippen molar-refractivity contribution in [1.82, 2.24) is 19.6 Å². The van der Waals surface area contributed by atoms with Gasteiger partial charge in [0.1, 0.15) is 6.29 Å². The number of aldehydes is 1. The number of aliphatic carboxylic acids is 3. The second kappa shape index (κ2) is 15.8. The Labute approximate surface area is 169 Å². The zero-order chi connectivity index (χ0) is 22.2. The number of aliphatic hydroxyl groups is 1. The summed E-state index contributed by atoms with van der Waals surface area (Å²) in [6, 6.07) is 0. The van der Waals surface area contributed by atoms with E-state index in [1.165, 1.54) is 0 Å². The molecule has 12 heteroatoms. The van der Waals surface area contributed by atoms with E-state index >= 15 is 0 Å². The number of carboxylic acid groups (broad SMARTS) is 3. The second-order valence-corrected chi connectivity index (χ2v) is 6.48. The maximum Gasteiger partial charge on any atom is 0.317 e. The summed E-state index contributed by atoms with van der Waals surface area (Å²) in [4.78, 5) is 51.1. The van der Waals surface area contributed by atoms with E-state index in [9.17, 15) is 19.2 Å². The quantitative estimate of drug-likeness (QED) is 0.300. The molecule has 0 saturated carbocycles. The van der Waals surface area contributed by atoms with Crippen LogP contribution in [0.2, 0.25) is 0 Å². The summed E-state index contributed by atoms with van der Waals surface area (Å²) in [7, 11) is 1.00. The summed E-state index contributed by atoms with van der Waals surface area (Å²) in [5.74, 6) is -2.93. The topological polar surface area (TPSA) is 162 Å². The largest absolute Gasteiger partial charge is 0.480 e. The van der Waals surface area contributed by atoms with Crippen LogP contribution in [0.3, 0.4) is 0 Å². The van der Waals surface area contributed by atoms with Crippen molar-refractivity contribution in [3.63, 3.8) is 0 Å². The van der Waals surface area contributed by atoms with Crippen molar-refractivity contribution in [2.24, 2.45) is 0 Å². The highest BCUT2D eigenvalue weighted by Gasteiger charge is 2.19. The van der Waals surface area contributed by atoms with Crippen LogP contribution < -0.4 is 0 Å². The van der Waals surface area contributed by atoms with Gasteiger partial charge in [0.25, 0.3) is 0 Å². The molecule has 0 aromatic carbocycles. The average Bonchev–Trinajstić information content (AvgIpc) is 2.64. The van der Waals surface area contributed by atoms with Crippen LogP contribution in [0, 0.1) is 0 Å². The molecular formula is C17H32N4O8. The van der Waals surface area contributed by atoms with Gasteiger partial charge in [-0.15, -0.1) is 0 Å². The van der Waals surface area contributed by atoms with Gasteiger partial charge in [-0.25, -0.2) is 0 Å². The van der Waals surface area contributed by atoms with E-state index < -0.39 is 17.9 Å². The maximum absolute atomic E-state index is 11.1. The molecule has 1 aliphatic heterocycles. The van der Waals surface area contributed by atoms with E-state index in [1.54, 1.807) is 14.7 Å². The van der Waals surface area contributed by atoms with Crippen molar-refractivity contribution in [2.45, 2.75) is 0 Å². The maximum atomic E-state index is 11.1. The van der Waals surface area contributed by atoms with Crippen molar-refractivity contribution < 1.29 is 39.6 Å². The number of nitrogens with zero attached hydrogens (tertiary/aromatic N) is 4. The molecule has 0 spiro atoms. The smallest absolute Gasteiger partial charge is 0.317 e. The summed E-state index contributed by atoms with van der Waals surface area (Å²) in [6.07, 6.45) is 0.767. The fourth-order valence-electron chi connectivity index (χ4n) is 2.91. The lowest BCUT2D eigenvalue weighted by Crippen LogP contribution is -2.48. The van der Waals surface area contributed by atoms with Gasteiger partial charge in [-0.05, 0) is 0 Å². The molecule has 1 saturated heterocycles.